The molecule has 0 radical (unpaired) electrons. The molecule has 0 aliphatic carbocycles. The summed E-state index contributed by atoms with van der Waals surface area (Å²) < 4.78 is 31.7. The van der Waals surface area contributed by atoms with Crippen molar-refractivity contribution >= 4 is 11.6 Å². The summed E-state index contributed by atoms with van der Waals surface area (Å²) in [5, 5.41) is 2.56. The smallest absolute Gasteiger partial charge is 0.254 e. The van der Waals surface area contributed by atoms with Crippen molar-refractivity contribution in [2.24, 2.45) is 0 Å². The summed E-state index contributed by atoms with van der Waals surface area (Å²) in [6.07, 6.45) is 1.70. The number of anilines is 1. The van der Waals surface area contributed by atoms with Crippen molar-refractivity contribution in [3.8, 4) is 0 Å². The zero-order chi connectivity index (χ0) is 15.1. The quantitative estimate of drug-likeness (QED) is 0.598. The Morgan fingerprint density at radius 1 is 1.30 bits per heavy atom. The Hall–Kier alpha value is -1.69. The third kappa shape index (κ3) is 5.13. The van der Waals surface area contributed by atoms with Gasteiger partial charge in [0.15, 0.2) is 0 Å². The number of nitrogen functional groups attached to an aromatic ring is 1. The molecule has 0 spiro atoms. The van der Waals surface area contributed by atoms with Gasteiger partial charge in [-0.25, -0.2) is 8.78 Å². The molecular weight excluding hydrogens is 266 g/mol. The molecule has 0 fully saturated rings. The lowest BCUT2D eigenvalue weighted by atomic mass is 10.1. The normalized spacial score (nSPS) is 10.8. The summed E-state index contributed by atoms with van der Waals surface area (Å²) in [5.41, 5.74) is 4.82. The number of carbonyl (C=O) groups is 1. The molecule has 0 saturated carbocycles. The second-order valence-corrected chi connectivity index (χ2v) is 4.74. The Morgan fingerprint density at radius 2 is 2.00 bits per heavy atom. The highest BCUT2D eigenvalue weighted by Crippen LogP contribution is 2.16. The van der Waals surface area contributed by atoms with E-state index >= 15 is 0 Å². The fraction of sp³-hybridized carbons (Fsp3) is 0.500. The zero-order valence-corrected chi connectivity index (χ0v) is 11.7. The van der Waals surface area contributed by atoms with Crippen LogP contribution in [0.5, 0.6) is 0 Å². The number of nitrogens with one attached hydrogen (secondary N) is 1. The van der Waals surface area contributed by atoms with E-state index in [0.717, 1.165) is 18.9 Å². The van der Waals surface area contributed by atoms with Crippen LogP contribution in [-0.2, 0) is 4.74 Å². The molecule has 1 rings (SSSR count). The number of nitrogens with two attached hydrogens (primary N) is 1. The minimum Gasteiger partial charge on any atom is -0.396 e. The van der Waals surface area contributed by atoms with Crippen LogP contribution in [0.1, 0.15) is 37.0 Å². The maximum absolute atomic E-state index is 13.4. The first kappa shape index (κ1) is 16.4. The monoisotopic (exact) mass is 286 g/mol. The first-order valence-electron chi connectivity index (χ1n) is 6.56. The number of halogens is 2. The predicted octanol–water partition coefficient (Wildman–Crippen LogP) is 2.48. The van der Waals surface area contributed by atoms with E-state index in [1.165, 1.54) is 0 Å². The van der Waals surface area contributed by atoms with Gasteiger partial charge in [0.25, 0.3) is 5.91 Å². The van der Waals surface area contributed by atoms with Crippen molar-refractivity contribution in [3.05, 3.63) is 29.3 Å². The maximum Gasteiger partial charge on any atom is 0.254 e. The van der Waals surface area contributed by atoms with Gasteiger partial charge < -0.3 is 15.8 Å². The van der Waals surface area contributed by atoms with E-state index in [1.54, 1.807) is 0 Å². The van der Waals surface area contributed by atoms with Gasteiger partial charge >= 0.3 is 0 Å². The summed E-state index contributed by atoms with van der Waals surface area (Å²) >= 11 is 0. The number of carbonyl (C=O) groups excluding carboxylic acids is 1. The van der Waals surface area contributed by atoms with E-state index < -0.39 is 17.5 Å². The van der Waals surface area contributed by atoms with E-state index in [1.807, 2.05) is 13.8 Å². The third-order valence-electron chi connectivity index (χ3n) is 2.64. The molecule has 4 nitrogen and oxygen atoms in total. The van der Waals surface area contributed by atoms with Crippen LogP contribution in [-0.4, -0.2) is 25.2 Å². The number of benzene rings is 1. The van der Waals surface area contributed by atoms with Gasteiger partial charge in [-0.1, -0.05) is 0 Å². The molecule has 0 aromatic heterocycles. The topological polar surface area (TPSA) is 64.3 Å². The molecule has 0 heterocycles. The summed E-state index contributed by atoms with van der Waals surface area (Å²) in [7, 11) is 0. The molecule has 6 heteroatoms. The Balaban J connectivity index is 2.38. The molecule has 1 aromatic rings. The van der Waals surface area contributed by atoms with Crippen LogP contribution in [0.2, 0.25) is 0 Å². The van der Waals surface area contributed by atoms with Gasteiger partial charge in [0.2, 0.25) is 0 Å². The highest BCUT2D eigenvalue weighted by Gasteiger charge is 2.14. The van der Waals surface area contributed by atoms with Crippen LogP contribution < -0.4 is 11.1 Å². The number of unbranched alkanes of at least 4 members (excludes halogenated alkanes) is 1. The molecule has 1 amide bonds. The van der Waals surface area contributed by atoms with Crippen LogP contribution in [0.4, 0.5) is 14.5 Å². The Bertz CT molecular complexity index is 465. The second-order valence-electron chi connectivity index (χ2n) is 4.74. The van der Waals surface area contributed by atoms with Gasteiger partial charge in [0, 0.05) is 19.2 Å². The lowest BCUT2D eigenvalue weighted by Crippen LogP contribution is -2.26. The second kappa shape index (κ2) is 7.79. The summed E-state index contributed by atoms with van der Waals surface area (Å²) in [6.45, 7) is 4.91. The van der Waals surface area contributed by atoms with Crippen molar-refractivity contribution in [2.75, 3.05) is 18.9 Å². The fourth-order valence-electron chi connectivity index (χ4n) is 1.58. The van der Waals surface area contributed by atoms with Crippen molar-refractivity contribution in [2.45, 2.75) is 32.8 Å². The van der Waals surface area contributed by atoms with Gasteiger partial charge in [-0.05, 0) is 32.8 Å². The molecule has 0 atom stereocenters. The SMILES string of the molecule is CC(C)OCCCCNC(=O)c1cc(N)c(F)cc1F. The van der Waals surface area contributed by atoms with E-state index in [2.05, 4.69) is 5.32 Å². The lowest BCUT2D eigenvalue weighted by Gasteiger charge is -2.09. The first-order chi connectivity index (χ1) is 9.41. The number of hydrogen-bond donors (Lipinski definition) is 2. The van der Waals surface area contributed by atoms with Crippen LogP contribution in [0.3, 0.4) is 0 Å². The Kier molecular flexibility index (Phi) is 6.38. The van der Waals surface area contributed by atoms with E-state index in [0.29, 0.717) is 19.2 Å². The number of amides is 1. The Labute approximate surface area is 117 Å². The molecule has 3 N–H and O–H groups in total. The van der Waals surface area contributed by atoms with E-state index in [-0.39, 0.29) is 17.4 Å². The summed E-state index contributed by atoms with van der Waals surface area (Å²) in [6, 6.07) is 1.61. The zero-order valence-electron chi connectivity index (χ0n) is 11.7. The number of hydrogen-bond acceptors (Lipinski definition) is 3. The van der Waals surface area contributed by atoms with Gasteiger partial charge in [-0.15, -0.1) is 0 Å². The van der Waals surface area contributed by atoms with Crippen LogP contribution in [0.15, 0.2) is 12.1 Å². The fourth-order valence-corrected chi connectivity index (χ4v) is 1.58. The number of rotatable bonds is 7. The molecule has 0 aliphatic rings. The van der Waals surface area contributed by atoms with Crippen molar-refractivity contribution in [1.29, 1.82) is 0 Å². The van der Waals surface area contributed by atoms with Crippen molar-refractivity contribution < 1.29 is 18.3 Å². The van der Waals surface area contributed by atoms with Gasteiger partial charge in [0.05, 0.1) is 17.4 Å². The summed E-state index contributed by atoms with van der Waals surface area (Å²) in [4.78, 5) is 11.7. The highest BCUT2D eigenvalue weighted by molar-refractivity contribution is 5.95. The lowest BCUT2D eigenvalue weighted by molar-refractivity contribution is 0.0754. The third-order valence-corrected chi connectivity index (χ3v) is 2.64. The molecule has 0 unspecified atom stereocenters. The maximum atomic E-state index is 13.4. The molecule has 0 aliphatic heterocycles. The van der Waals surface area contributed by atoms with E-state index in [4.69, 9.17) is 10.5 Å². The molecule has 20 heavy (non-hydrogen) atoms. The largest absolute Gasteiger partial charge is 0.396 e. The van der Waals surface area contributed by atoms with Gasteiger partial charge in [-0.3, -0.25) is 4.79 Å². The average Bonchev–Trinajstić information content (AvgIpc) is 2.37. The molecule has 112 valence electrons. The standard InChI is InChI=1S/C14H20F2N2O2/c1-9(2)20-6-4-3-5-18-14(19)10-7-13(17)12(16)8-11(10)15/h7-9H,3-6,17H2,1-2H3,(H,18,19). The Morgan fingerprint density at radius 3 is 2.65 bits per heavy atom. The molecular formula is C14H20F2N2O2. The van der Waals surface area contributed by atoms with Crippen LogP contribution >= 0.6 is 0 Å². The van der Waals surface area contributed by atoms with Crippen molar-refractivity contribution in [1.82, 2.24) is 5.32 Å². The predicted molar refractivity (Wildman–Crippen MR) is 73.4 cm³/mol. The molecule has 0 saturated heterocycles. The number of ether oxygens (including phenoxy) is 1. The van der Waals surface area contributed by atoms with Crippen molar-refractivity contribution in [3.63, 3.8) is 0 Å². The van der Waals surface area contributed by atoms with E-state index in [9.17, 15) is 13.6 Å². The molecule has 0 bridgehead atoms. The van der Waals surface area contributed by atoms with Crippen LogP contribution in [0, 0.1) is 11.6 Å². The minimum atomic E-state index is -0.919. The first-order valence-corrected chi connectivity index (χ1v) is 6.56. The summed E-state index contributed by atoms with van der Waals surface area (Å²) in [5.74, 6) is -2.39. The minimum absolute atomic E-state index is 0.181. The molecule has 1 aromatic carbocycles. The van der Waals surface area contributed by atoms with Gasteiger partial charge in [-0.2, -0.15) is 0 Å². The average molecular weight is 286 g/mol. The van der Waals surface area contributed by atoms with Gasteiger partial charge in [0.1, 0.15) is 11.6 Å². The highest BCUT2D eigenvalue weighted by atomic mass is 19.1. The van der Waals surface area contributed by atoms with Crippen LogP contribution in [0.25, 0.3) is 0 Å².